The number of carbonyl (C=O) groups excluding carboxylic acids is 1. The van der Waals surface area contributed by atoms with Crippen molar-refractivity contribution in [3.63, 3.8) is 0 Å². The van der Waals surface area contributed by atoms with E-state index in [9.17, 15) is 14.9 Å². The SMILES string of the molecule is CCOc1ccc(C(=O)Nc2nc3cc([N+](=O)[O-])ccc3s2)cc1. The summed E-state index contributed by atoms with van der Waals surface area (Å²) in [6, 6.07) is 11.2. The third-order valence-electron chi connectivity index (χ3n) is 3.23. The van der Waals surface area contributed by atoms with Crippen LogP contribution in [0.4, 0.5) is 10.8 Å². The zero-order valence-corrected chi connectivity index (χ0v) is 13.5. The van der Waals surface area contributed by atoms with Crippen molar-refractivity contribution in [3.8, 4) is 5.75 Å². The number of nitro groups is 1. The first kappa shape index (κ1) is 15.9. The molecule has 0 bridgehead atoms. The Morgan fingerprint density at radius 3 is 2.71 bits per heavy atom. The predicted octanol–water partition coefficient (Wildman–Crippen LogP) is 3.86. The zero-order valence-electron chi connectivity index (χ0n) is 12.7. The van der Waals surface area contributed by atoms with Gasteiger partial charge in [0.1, 0.15) is 5.75 Å². The number of non-ortho nitro benzene ring substituents is 1. The predicted molar refractivity (Wildman–Crippen MR) is 91.8 cm³/mol. The Kier molecular flexibility index (Phi) is 4.39. The number of hydrogen-bond donors (Lipinski definition) is 1. The highest BCUT2D eigenvalue weighted by atomic mass is 32.1. The van der Waals surface area contributed by atoms with Gasteiger partial charge in [0.15, 0.2) is 5.13 Å². The van der Waals surface area contributed by atoms with Crippen LogP contribution < -0.4 is 10.1 Å². The number of rotatable bonds is 5. The van der Waals surface area contributed by atoms with Gasteiger partial charge < -0.3 is 4.74 Å². The number of hydrogen-bond acceptors (Lipinski definition) is 6. The average Bonchev–Trinajstić information content (AvgIpc) is 2.97. The maximum atomic E-state index is 12.2. The fraction of sp³-hybridized carbons (Fsp3) is 0.125. The summed E-state index contributed by atoms with van der Waals surface area (Å²) in [6.45, 7) is 2.45. The van der Waals surface area contributed by atoms with Crippen LogP contribution in [0.3, 0.4) is 0 Å². The molecule has 0 unspecified atom stereocenters. The summed E-state index contributed by atoms with van der Waals surface area (Å²) in [5, 5.41) is 13.9. The maximum Gasteiger partial charge on any atom is 0.271 e. The Morgan fingerprint density at radius 1 is 1.29 bits per heavy atom. The Morgan fingerprint density at radius 2 is 2.04 bits per heavy atom. The quantitative estimate of drug-likeness (QED) is 0.561. The molecule has 0 atom stereocenters. The first-order valence-electron chi connectivity index (χ1n) is 7.16. The van der Waals surface area contributed by atoms with E-state index < -0.39 is 4.92 Å². The highest BCUT2D eigenvalue weighted by Crippen LogP contribution is 2.29. The van der Waals surface area contributed by atoms with Gasteiger partial charge in [0, 0.05) is 17.7 Å². The maximum absolute atomic E-state index is 12.2. The normalized spacial score (nSPS) is 10.5. The molecule has 0 radical (unpaired) electrons. The van der Waals surface area contributed by atoms with Gasteiger partial charge in [-0.1, -0.05) is 11.3 Å². The summed E-state index contributed by atoms with van der Waals surface area (Å²) in [5.74, 6) is 0.396. The van der Waals surface area contributed by atoms with Crippen LogP contribution in [0.5, 0.6) is 5.75 Å². The largest absolute Gasteiger partial charge is 0.494 e. The standard InChI is InChI=1S/C16H13N3O4S/c1-2-23-12-6-3-10(4-7-12)15(20)18-16-17-13-9-11(19(21)22)5-8-14(13)24-16/h3-9H,2H2,1H3,(H,17,18,20). The van der Waals surface area contributed by atoms with E-state index in [1.165, 1.54) is 23.5 Å². The van der Waals surface area contributed by atoms with Gasteiger partial charge in [-0.2, -0.15) is 0 Å². The molecule has 0 saturated carbocycles. The van der Waals surface area contributed by atoms with Gasteiger partial charge in [-0.05, 0) is 37.3 Å². The van der Waals surface area contributed by atoms with Crippen LogP contribution in [-0.4, -0.2) is 22.4 Å². The molecule has 3 aromatic rings. The Labute approximate surface area is 141 Å². The van der Waals surface area contributed by atoms with Crippen molar-refractivity contribution in [3.05, 3.63) is 58.1 Å². The van der Waals surface area contributed by atoms with E-state index in [2.05, 4.69) is 10.3 Å². The molecule has 1 aromatic heterocycles. The molecule has 0 saturated heterocycles. The summed E-state index contributed by atoms with van der Waals surface area (Å²) in [7, 11) is 0. The highest BCUT2D eigenvalue weighted by molar-refractivity contribution is 7.22. The lowest BCUT2D eigenvalue weighted by Gasteiger charge is -2.04. The molecule has 122 valence electrons. The minimum atomic E-state index is -0.475. The molecule has 24 heavy (non-hydrogen) atoms. The van der Waals surface area contributed by atoms with E-state index in [0.717, 1.165) is 4.70 Å². The van der Waals surface area contributed by atoms with Crippen LogP contribution >= 0.6 is 11.3 Å². The molecule has 0 aliphatic carbocycles. The number of anilines is 1. The van der Waals surface area contributed by atoms with Gasteiger partial charge in [-0.15, -0.1) is 0 Å². The molecule has 1 N–H and O–H groups in total. The number of ether oxygens (including phenoxy) is 1. The lowest BCUT2D eigenvalue weighted by Crippen LogP contribution is -2.11. The number of nitro benzene ring substituents is 1. The van der Waals surface area contributed by atoms with Crippen molar-refractivity contribution in [2.24, 2.45) is 0 Å². The van der Waals surface area contributed by atoms with Gasteiger partial charge in [-0.3, -0.25) is 20.2 Å². The van der Waals surface area contributed by atoms with E-state index in [-0.39, 0.29) is 11.6 Å². The van der Waals surface area contributed by atoms with E-state index in [1.807, 2.05) is 6.92 Å². The number of nitrogens with one attached hydrogen (secondary N) is 1. The lowest BCUT2D eigenvalue weighted by molar-refractivity contribution is -0.384. The molecule has 8 heteroatoms. The van der Waals surface area contributed by atoms with Crippen molar-refractivity contribution in [2.75, 3.05) is 11.9 Å². The first-order valence-corrected chi connectivity index (χ1v) is 7.97. The molecule has 0 fully saturated rings. The van der Waals surface area contributed by atoms with Crippen LogP contribution in [0.1, 0.15) is 17.3 Å². The molecular weight excluding hydrogens is 330 g/mol. The molecule has 2 aromatic carbocycles. The van der Waals surface area contributed by atoms with E-state index >= 15 is 0 Å². The van der Waals surface area contributed by atoms with Crippen LogP contribution in [0.2, 0.25) is 0 Å². The van der Waals surface area contributed by atoms with Crippen LogP contribution in [-0.2, 0) is 0 Å². The van der Waals surface area contributed by atoms with Gasteiger partial charge in [0.05, 0.1) is 21.7 Å². The number of aromatic nitrogens is 1. The van der Waals surface area contributed by atoms with Gasteiger partial charge in [0.25, 0.3) is 11.6 Å². The van der Waals surface area contributed by atoms with Gasteiger partial charge >= 0.3 is 0 Å². The molecule has 0 aliphatic heterocycles. The van der Waals surface area contributed by atoms with Crippen molar-refractivity contribution in [2.45, 2.75) is 6.92 Å². The summed E-state index contributed by atoms with van der Waals surface area (Å²) >= 11 is 1.26. The van der Waals surface area contributed by atoms with Crippen LogP contribution in [0.25, 0.3) is 10.2 Å². The molecule has 0 spiro atoms. The second kappa shape index (κ2) is 6.63. The van der Waals surface area contributed by atoms with Gasteiger partial charge in [-0.25, -0.2) is 4.98 Å². The molecule has 3 rings (SSSR count). The third kappa shape index (κ3) is 3.33. The van der Waals surface area contributed by atoms with Crippen molar-refractivity contribution < 1.29 is 14.5 Å². The van der Waals surface area contributed by atoms with Crippen LogP contribution in [0.15, 0.2) is 42.5 Å². The van der Waals surface area contributed by atoms with Gasteiger partial charge in [0.2, 0.25) is 0 Å². The smallest absolute Gasteiger partial charge is 0.271 e. The molecule has 1 heterocycles. The summed E-state index contributed by atoms with van der Waals surface area (Å²) in [5.41, 5.74) is 0.928. The molecule has 7 nitrogen and oxygen atoms in total. The lowest BCUT2D eigenvalue weighted by atomic mass is 10.2. The minimum Gasteiger partial charge on any atom is -0.494 e. The average molecular weight is 343 g/mol. The second-order valence-electron chi connectivity index (χ2n) is 4.84. The number of amides is 1. The number of thiazole rings is 1. The molecule has 1 amide bonds. The molecule has 0 aliphatic rings. The third-order valence-corrected chi connectivity index (χ3v) is 4.18. The zero-order chi connectivity index (χ0) is 17.1. The highest BCUT2D eigenvalue weighted by Gasteiger charge is 2.13. The minimum absolute atomic E-state index is 0.0304. The summed E-state index contributed by atoms with van der Waals surface area (Å²) < 4.78 is 6.10. The number of fused-ring (bicyclic) bond motifs is 1. The Hall–Kier alpha value is -3.00. The monoisotopic (exact) mass is 343 g/mol. The van der Waals surface area contributed by atoms with Crippen molar-refractivity contribution in [1.29, 1.82) is 0 Å². The summed E-state index contributed by atoms with van der Waals surface area (Å²) in [6.07, 6.45) is 0. The first-order chi connectivity index (χ1) is 11.6. The number of carbonyl (C=O) groups is 1. The van der Waals surface area contributed by atoms with E-state index in [0.29, 0.717) is 28.6 Å². The van der Waals surface area contributed by atoms with Crippen molar-refractivity contribution in [1.82, 2.24) is 4.98 Å². The topological polar surface area (TPSA) is 94.4 Å². The Bertz CT molecular complexity index is 905. The summed E-state index contributed by atoms with van der Waals surface area (Å²) in [4.78, 5) is 26.8. The Balaban J connectivity index is 1.78. The van der Waals surface area contributed by atoms with Crippen LogP contribution in [0, 0.1) is 10.1 Å². The number of nitrogens with zero attached hydrogens (tertiary/aromatic N) is 2. The number of benzene rings is 2. The van der Waals surface area contributed by atoms with E-state index in [1.54, 1.807) is 30.3 Å². The fourth-order valence-electron chi connectivity index (χ4n) is 2.12. The second-order valence-corrected chi connectivity index (χ2v) is 5.87. The van der Waals surface area contributed by atoms with E-state index in [4.69, 9.17) is 4.74 Å². The molecular formula is C16H13N3O4S. The fourth-order valence-corrected chi connectivity index (χ4v) is 2.96. The van der Waals surface area contributed by atoms with Crippen molar-refractivity contribution >= 4 is 38.3 Å².